The fourth-order valence-electron chi connectivity index (χ4n) is 2.66. The van der Waals surface area contributed by atoms with E-state index in [0.29, 0.717) is 5.82 Å². The van der Waals surface area contributed by atoms with Gasteiger partial charge in [0.1, 0.15) is 17.0 Å². The summed E-state index contributed by atoms with van der Waals surface area (Å²) in [5.74, 6) is 0.727. The van der Waals surface area contributed by atoms with Gasteiger partial charge in [-0.3, -0.25) is 0 Å². The molecule has 0 saturated heterocycles. The zero-order chi connectivity index (χ0) is 15.9. The number of rotatable bonds is 3. The van der Waals surface area contributed by atoms with Crippen molar-refractivity contribution in [3.63, 3.8) is 0 Å². The van der Waals surface area contributed by atoms with Crippen LogP contribution in [0.2, 0.25) is 0 Å². The van der Waals surface area contributed by atoms with Gasteiger partial charge in [-0.15, -0.1) is 11.3 Å². The molecule has 1 atom stereocenters. The number of benzene rings is 1. The van der Waals surface area contributed by atoms with E-state index in [1.807, 2.05) is 30.3 Å². The Morgan fingerprint density at radius 1 is 1.17 bits per heavy atom. The number of sulfone groups is 1. The number of hydrogen-bond acceptors (Lipinski definition) is 6. The van der Waals surface area contributed by atoms with Crippen molar-refractivity contribution in [3.05, 3.63) is 53.5 Å². The molecule has 7 heteroatoms. The lowest BCUT2D eigenvalue weighted by molar-refractivity contribution is 0.605. The SMILES string of the molecule is O=S1(=O)C=CC(Nc2ncnc3scc(-c4ccccc4)c23)C1. The number of nitrogens with zero attached hydrogens (tertiary/aromatic N) is 2. The molecule has 5 nitrogen and oxygen atoms in total. The first kappa shape index (κ1) is 14.3. The van der Waals surface area contributed by atoms with Gasteiger partial charge in [-0.1, -0.05) is 30.3 Å². The highest BCUT2D eigenvalue weighted by Crippen LogP contribution is 2.36. The molecule has 3 heterocycles. The monoisotopic (exact) mass is 343 g/mol. The molecule has 116 valence electrons. The summed E-state index contributed by atoms with van der Waals surface area (Å²) in [6.07, 6.45) is 3.17. The van der Waals surface area contributed by atoms with Gasteiger partial charge in [0.25, 0.3) is 0 Å². The third-order valence-corrected chi connectivity index (χ3v) is 5.99. The van der Waals surface area contributed by atoms with Gasteiger partial charge >= 0.3 is 0 Å². The largest absolute Gasteiger partial charge is 0.362 e. The predicted octanol–water partition coefficient (Wildman–Crippen LogP) is 3.08. The van der Waals surface area contributed by atoms with Crippen LogP contribution >= 0.6 is 11.3 Å². The second-order valence-electron chi connectivity index (χ2n) is 5.33. The normalized spacial score (nSPS) is 19.2. The molecular formula is C16H13N3O2S2. The van der Waals surface area contributed by atoms with Gasteiger partial charge in [-0.25, -0.2) is 18.4 Å². The summed E-state index contributed by atoms with van der Waals surface area (Å²) in [5, 5.41) is 7.47. The lowest BCUT2D eigenvalue weighted by atomic mass is 10.1. The average Bonchev–Trinajstić information content (AvgIpc) is 3.12. The van der Waals surface area contributed by atoms with Crippen LogP contribution in [0.3, 0.4) is 0 Å². The third-order valence-electron chi connectivity index (χ3n) is 3.71. The second-order valence-corrected chi connectivity index (χ2v) is 8.12. The van der Waals surface area contributed by atoms with Gasteiger partial charge < -0.3 is 5.32 Å². The van der Waals surface area contributed by atoms with Gasteiger partial charge in [-0.2, -0.15) is 0 Å². The van der Waals surface area contributed by atoms with Gasteiger partial charge in [0.15, 0.2) is 9.84 Å². The molecule has 0 amide bonds. The lowest BCUT2D eigenvalue weighted by Crippen LogP contribution is -2.21. The van der Waals surface area contributed by atoms with E-state index >= 15 is 0 Å². The quantitative estimate of drug-likeness (QED) is 0.791. The molecule has 2 aromatic heterocycles. The Labute approximate surface area is 137 Å². The third kappa shape index (κ3) is 2.73. The van der Waals surface area contributed by atoms with Crippen molar-refractivity contribution in [3.8, 4) is 11.1 Å². The Bertz CT molecular complexity index is 995. The fourth-order valence-corrected chi connectivity index (χ4v) is 4.81. The minimum atomic E-state index is -3.10. The van der Waals surface area contributed by atoms with Crippen LogP contribution in [0.4, 0.5) is 5.82 Å². The Hall–Kier alpha value is -2.25. The number of nitrogens with one attached hydrogen (secondary N) is 1. The highest BCUT2D eigenvalue weighted by molar-refractivity contribution is 7.94. The van der Waals surface area contributed by atoms with Crippen molar-refractivity contribution in [1.82, 2.24) is 9.97 Å². The van der Waals surface area contributed by atoms with Crippen molar-refractivity contribution >= 4 is 37.2 Å². The maximum Gasteiger partial charge on any atom is 0.173 e. The molecule has 0 spiro atoms. The fraction of sp³-hybridized carbons (Fsp3) is 0.125. The number of fused-ring (bicyclic) bond motifs is 1. The minimum Gasteiger partial charge on any atom is -0.362 e. The molecule has 3 aromatic rings. The number of aromatic nitrogens is 2. The molecule has 0 saturated carbocycles. The van der Waals surface area contributed by atoms with Crippen molar-refractivity contribution in [1.29, 1.82) is 0 Å². The zero-order valence-electron chi connectivity index (χ0n) is 12.0. The summed E-state index contributed by atoms with van der Waals surface area (Å²) < 4.78 is 23.2. The molecule has 0 aliphatic carbocycles. The molecule has 0 fully saturated rings. The van der Waals surface area contributed by atoms with Crippen LogP contribution in [0.1, 0.15) is 0 Å². The summed E-state index contributed by atoms with van der Waals surface area (Å²) >= 11 is 1.55. The molecule has 1 unspecified atom stereocenters. The average molecular weight is 343 g/mol. The minimum absolute atomic E-state index is 0.0588. The van der Waals surface area contributed by atoms with Crippen LogP contribution in [-0.2, 0) is 9.84 Å². The zero-order valence-corrected chi connectivity index (χ0v) is 13.6. The molecule has 0 radical (unpaired) electrons. The first-order chi connectivity index (χ1) is 11.1. The van der Waals surface area contributed by atoms with E-state index < -0.39 is 9.84 Å². The molecule has 0 bridgehead atoms. The van der Waals surface area contributed by atoms with E-state index in [1.165, 1.54) is 11.7 Å². The Kier molecular flexibility index (Phi) is 3.39. The maximum atomic E-state index is 11.6. The van der Waals surface area contributed by atoms with E-state index in [0.717, 1.165) is 21.3 Å². The van der Waals surface area contributed by atoms with E-state index in [-0.39, 0.29) is 11.8 Å². The van der Waals surface area contributed by atoms with Crippen molar-refractivity contribution in [2.24, 2.45) is 0 Å². The van der Waals surface area contributed by atoms with Crippen LogP contribution < -0.4 is 5.32 Å². The molecule has 1 aliphatic rings. The number of anilines is 1. The first-order valence-electron chi connectivity index (χ1n) is 7.07. The van der Waals surface area contributed by atoms with Gasteiger partial charge in [0.2, 0.25) is 0 Å². The van der Waals surface area contributed by atoms with Gasteiger partial charge in [-0.05, 0) is 11.6 Å². The summed E-state index contributed by atoms with van der Waals surface area (Å²) in [6, 6.07) is 9.77. The molecule has 23 heavy (non-hydrogen) atoms. The topological polar surface area (TPSA) is 72.0 Å². The van der Waals surface area contributed by atoms with Gasteiger partial charge in [0.05, 0.1) is 17.2 Å². The van der Waals surface area contributed by atoms with Crippen LogP contribution in [0.15, 0.2) is 53.5 Å². The first-order valence-corrected chi connectivity index (χ1v) is 9.67. The van der Waals surface area contributed by atoms with Crippen LogP contribution in [0.5, 0.6) is 0 Å². The summed E-state index contributed by atoms with van der Waals surface area (Å²) in [7, 11) is -3.10. The molecule has 1 aliphatic heterocycles. The Balaban J connectivity index is 1.78. The van der Waals surface area contributed by atoms with E-state index in [1.54, 1.807) is 17.4 Å². The second kappa shape index (κ2) is 5.43. The molecule has 1 N–H and O–H groups in total. The van der Waals surface area contributed by atoms with E-state index in [9.17, 15) is 8.42 Å². The van der Waals surface area contributed by atoms with Gasteiger partial charge in [0, 0.05) is 16.4 Å². The predicted molar refractivity (Wildman–Crippen MR) is 93.2 cm³/mol. The highest BCUT2D eigenvalue weighted by Gasteiger charge is 2.23. The van der Waals surface area contributed by atoms with Crippen molar-refractivity contribution in [2.75, 3.05) is 11.1 Å². The van der Waals surface area contributed by atoms with Crippen LogP contribution in [-0.4, -0.2) is 30.2 Å². The molecule has 4 rings (SSSR count). The Morgan fingerprint density at radius 2 is 2.00 bits per heavy atom. The van der Waals surface area contributed by atoms with Crippen molar-refractivity contribution < 1.29 is 8.42 Å². The van der Waals surface area contributed by atoms with Crippen LogP contribution in [0, 0.1) is 0 Å². The summed E-state index contributed by atoms with van der Waals surface area (Å²) in [5.41, 5.74) is 2.14. The smallest absolute Gasteiger partial charge is 0.173 e. The maximum absolute atomic E-state index is 11.6. The van der Waals surface area contributed by atoms with Crippen LogP contribution in [0.25, 0.3) is 21.3 Å². The molecule has 1 aromatic carbocycles. The Morgan fingerprint density at radius 3 is 2.74 bits per heavy atom. The van der Waals surface area contributed by atoms with E-state index in [4.69, 9.17) is 0 Å². The van der Waals surface area contributed by atoms with Crippen molar-refractivity contribution in [2.45, 2.75) is 6.04 Å². The van der Waals surface area contributed by atoms with E-state index in [2.05, 4.69) is 20.7 Å². The summed E-state index contributed by atoms with van der Waals surface area (Å²) in [6.45, 7) is 0. The standard InChI is InChI=1S/C16H13N3O2S2/c20-23(21)7-6-12(9-23)19-15-14-13(11-4-2-1-3-5-11)8-22-16(14)18-10-17-15/h1-8,10,12H,9H2,(H,17,18,19). The summed E-state index contributed by atoms with van der Waals surface area (Å²) in [4.78, 5) is 9.54. The lowest BCUT2D eigenvalue weighted by Gasteiger charge is -2.12. The number of thiophene rings is 1. The molecular weight excluding hydrogens is 330 g/mol. The highest BCUT2D eigenvalue weighted by atomic mass is 32.2. The number of hydrogen-bond donors (Lipinski definition) is 1.